The van der Waals surface area contributed by atoms with Crippen LogP contribution in [0.1, 0.15) is 36.0 Å². The van der Waals surface area contributed by atoms with Crippen LogP contribution in [-0.4, -0.2) is 45.9 Å². The Kier molecular flexibility index (Phi) is 6.22. The zero-order valence-corrected chi connectivity index (χ0v) is 18.9. The van der Waals surface area contributed by atoms with Crippen molar-refractivity contribution in [3.63, 3.8) is 0 Å². The van der Waals surface area contributed by atoms with Gasteiger partial charge in [-0.15, -0.1) is 0 Å². The van der Waals surface area contributed by atoms with Crippen molar-refractivity contribution in [1.82, 2.24) is 19.8 Å². The molecule has 1 aliphatic heterocycles. The van der Waals surface area contributed by atoms with E-state index in [1.54, 1.807) is 30.3 Å². The number of para-hydroxylation sites is 1. The number of H-pyrrole nitrogens is 1. The second-order valence-electron chi connectivity index (χ2n) is 8.72. The maximum atomic E-state index is 13.6. The lowest BCUT2D eigenvalue weighted by Crippen LogP contribution is -2.48. The molecule has 3 aromatic carbocycles. The Morgan fingerprint density at radius 3 is 1.91 bits per heavy atom. The minimum atomic E-state index is -0.280. The SMILES string of the molecule is C[C@H](c1nc2ccccc2c(=O)[nH]1)N1CCN(C(c2ccc(F)cc2)c2ccc(F)cc2)CC1. The summed E-state index contributed by atoms with van der Waals surface area (Å²) in [5.41, 5.74) is 2.50. The van der Waals surface area contributed by atoms with Crippen molar-refractivity contribution in [1.29, 1.82) is 0 Å². The molecule has 1 atom stereocenters. The van der Waals surface area contributed by atoms with Gasteiger partial charge in [0.05, 0.1) is 23.0 Å². The Labute approximate surface area is 196 Å². The predicted octanol–water partition coefficient (Wildman–Crippen LogP) is 4.67. The highest BCUT2D eigenvalue weighted by atomic mass is 19.1. The summed E-state index contributed by atoms with van der Waals surface area (Å²) in [6, 6.07) is 20.2. The summed E-state index contributed by atoms with van der Waals surface area (Å²) in [6.07, 6.45) is 0. The van der Waals surface area contributed by atoms with Gasteiger partial charge in [-0.05, 0) is 54.4 Å². The van der Waals surface area contributed by atoms with Gasteiger partial charge in [-0.3, -0.25) is 14.6 Å². The molecule has 7 heteroatoms. The van der Waals surface area contributed by atoms with E-state index in [0.717, 1.165) is 37.3 Å². The van der Waals surface area contributed by atoms with Gasteiger partial charge >= 0.3 is 0 Å². The average molecular weight is 461 g/mol. The smallest absolute Gasteiger partial charge is 0.258 e. The summed E-state index contributed by atoms with van der Waals surface area (Å²) in [4.78, 5) is 24.8. The number of aromatic nitrogens is 2. The molecule has 5 rings (SSSR count). The molecular weight excluding hydrogens is 434 g/mol. The number of fused-ring (bicyclic) bond motifs is 1. The second-order valence-corrected chi connectivity index (χ2v) is 8.72. The molecular formula is C27H26F2N4O. The summed E-state index contributed by atoms with van der Waals surface area (Å²) in [7, 11) is 0. The topological polar surface area (TPSA) is 52.2 Å². The maximum absolute atomic E-state index is 13.6. The number of halogens is 2. The van der Waals surface area contributed by atoms with Gasteiger partial charge in [-0.2, -0.15) is 0 Å². The van der Waals surface area contributed by atoms with Crippen molar-refractivity contribution >= 4 is 10.9 Å². The van der Waals surface area contributed by atoms with Gasteiger partial charge in [0, 0.05) is 26.2 Å². The van der Waals surface area contributed by atoms with Gasteiger partial charge in [0.2, 0.25) is 0 Å². The van der Waals surface area contributed by atoms with Gasteiger partial charge < -0.3 is 4.98 Å². The lowest BCUT2D eigenvalue weighted by Gasteiger charge is -2.41. The van der Waals surface area contributed by atoms with E-state index >= 15 is 0 Å². The third kappa shape index (κ3) is 4.49. The maximum Gasteiger partial charge on any atom is 0.258 e. The third-order valence-electron chi connectivity index (χ3n) is 6.66. The highest BCUT2D eigenvalue weighted by Crippen LogP contribution is 2.31. The molecule has 0 bridgehead atoms. The van der Waals surface area contributed by atoms with Crippen molar-refractivity contribution in [3.05, 3.63) is 112 Å². The highest BCUT2D eigenvalue weighted by Gasteiger charge is 2.29. The van der Waals surface area contributed by atoms with Crippen LogP contribution in [0.4, 0.5) is 8.78 Å². The van der Waals surface area contributed by atoms with Crippen LogP contribution in [0.2, 0.25) is 0 Å². The van der Waals surface area contributed by atoms with Crippen LogP contribution in [0.15, 0.2) is 77.6 Å². The van der Waals surface area contributed by atoms with Crippen molar-refractivity contribution in [2.75, 3.05) is 26.2 Å². The normalized spacial score (nSPS) is 16.2. The summed E-state index contributed by atoms with van der Waals surface area (Å²) in [5.74, 6) is 0.0972. The van der Waals surface area contributed by atoms with E-state index in [9.17, 15) is 13.6 Å². The Morgan fingerprint density at radius 1 is 0.794 bits per heavy atom. The number of piperazine rings is 1. The number of rotatable bonds is 5. The Balaban J connectivity index is 1.36. The quantitative estimate of drug-likeness (QED) is 0.470. The molecule has 1 N–H and O–H groups in total. The van der Waals surface area contributed by atoms with Crippen LogP contribution in [0.25, 0.3) is 10.9 Å². The predicted molar refractivity (Wildman–Crippen MR) is 129 cm³/mol. The number of hydrogen-bond donors (Lipinski definition) is 1. The first-order valence-corrected chi connectivity index (χ1v) is 11.5. The van der Waals surface area contributed by atoms with E-state index in [4.69, 9.17) is 4.98 Å². The first-order chi connectivity index (χ1) is 16.5. The Bertz CT molecular complexity index is 1280. The molecule has 5 nitrogen and oxygen atoms in total. The van der Waals surface area contributed by atoms with Gasteiger partial charge in [0.25, 0.3) is 5.56 Å². The first-order valence-electron chi connectivity index (χ1n) is 11.5. The summed E-state index contributed by atoms with van der Waals surface area (Å²) in [6.45, 7) is 5.14. The fraction of sp³-hybridized carbons (Fsp3) is 0.259. The zero-order chi connectivity index (χ0) is 23.7. The molecule has 1 aliphatic rings. The molecule has 2 heterocycles. The van der Waals surface area contributed by atoms with Crippen LogP contribution in [0, 0.1) is 11.6 Å². The molecule has 174 valence electrons. The van der Waals surface area contributed by atoms with Crippen LogP contribution >= 0.6 is 0 Å². The minimum Gasteiger partial charge on any atom is -0.309 e. The van der Waals surface area contributed by atoms with E-state index < -0.39 is 0 Å². The largest absolute Gasteiger partial charge is 0.309 e. The van der Waals surface area contributed by atoms with E-state index in [1.807, 2.05) is 18.2 Å². The van der Waals surface area contributed by atoms with E-state index in [0.29, 0.717) is 16.7 Å². The summed E-state index contributed by atoms with van der Waals surface area (Å²) in [5, 5.41) is 0.588. The average Bonchev–Trinajstić information content (AvgIpc) is 2.86. The van der Waals surface area contributed by atoms with Crippen LogP contribution < -0.4 is 5.56 Å². The molecule has 0 saturated carbocycles. The van der Waals surface area contributed by atoms with Crippen molar-refractivity contribution < 1.29 is 8.78 Å². The van der Waals surface area contributed by atoms with Crippen molar-refractivity contribution in [2.45, 2.75) is 19.0 Å². The van der Waals surface area contributed by atoms with Gasteiger partial charge in [-0.25, -0.2) is 13.8 Å². The fourth-order valence-corrected chi connectivity index (χ4v) is 4.76. The standard InChI is InChI=1S/C27H26F2N4O/c1-18(26-30-24-5-3-2-4-23(24)27(34)31-26)32-14-16-33(17-15-32)25(19-6-10-21(28)11-7-19)20-8-12-22(29)13-9-20/h2-13,18,25H,14-17H2,1H3,(H,30,31,34)/t18-/m1/s1. The number of benzene rings is 3. The molecule has 1 aromatic heterocycles. The molecule has 0 spiro atoms. The van der Waals surface area contributed by atoms with E-state index in [2.05, 4.69) is 21.7 Å². The fourth-order valence-electron chi connectivity index (χ4n) is 4.76. The summed E-state index contributed by atoms with van der Waals surface area (Å²) >= 11 is 0. The molecule has 1 fully saturated rings. The first kappa shape index (κ1) is 22.4. The van der Waals surface area contributed by atoms with E-state index in [1.165, 1.54) is 24.3 Å². The van der Waals surface area contributed by atoms with Crippen molar-refractivity contribution in [3.8, 4) is 0 Å². The number of nitrogens with one attached hydrogen (secondary N) is 1. The third-order valence-corrected chi connectivity index (χ3v) is 6.66. The number of aromatic amines is 1. The Morgan fingerprint density at radius 2 is 1.32 bits per heavy atom. The molecule has 0 amide bonds. The number of nitrogens with zero attached hydrogens (tertiary/aromatic N) is 3. The minimum absolute atomic E-state index is 0.0467. The van der Waals surface area contributed by atoms with Gasteiger partial charge in [0.15, 0.2) is 0 Å². The number of hydrogen-bond acceptors (Lipinski definition) is 4. The van der Waals surface area contributed by atoms with Crippen molar-refractivity contribution in [2.24, 2.45) is 0 Å². The molecule has 4 aromatic rings. The van der Waals surface area contributed by atoms with Gasteiger partial charge in [-0.1, -0.05) is 36.4 Å². The monoisotopic (exact) mass is 460 g/mol. The summed E-state index contributed by atoms with van der Waals surface area (Å²) < 4.78 is 27.1. The molecule has 0 radical (unpaired) electrons. The molecule has 34 heavy (non-hydrogen) atoms. The van der Waals surface area contributed by atoms with Crippen LogP contribution in [0.5, 0.6) is 0 Å². The zero-order valence-electron chi connectivity index (χ0n) is 18.9. The lowest BCUT2D eigenvalue weighted by atomic mass is 9.96. The van der Waals surface area contributed by atoms with Gasteiger partial charge in [0.1, 0.15) is 17.5 Å². The molecule has 1 saturated heterocycles. The lowest BCUT2D eigenvalue weighted by molar-refractivity contribution is 0.0812. The van der Waals surface area contributed by atoms with Crippen LogP contribution in [0.3, 0.4) is 0 Å². The Hall–Kier alpha value is -3.42. The molecule has 0 unspecified atom stereocenters. The molecule has 0 aliphatic carbocycles. The highest BCUT2D eigenvalue weighted by molar-refractivity contribution is 5.77. The second kappa shape index (κ2) is 9.44. The van der Waals surface area contributed by atoms with Crippen LogP contribution in [-0.2, 0) is 0 Å². The van der Waals surface area contributed by atoms with E-state index in [-0.39, 0.29) is 29.3 Å².